The molecule has 1 heteroatoms. The summed E-state index contributed by atoms with van der Waals surface area (Å²) in [6.07, 6.45) is 5.27. The van der Waals surface area contributed by atoms with Gasteiger partial charge in [-0.1, -0.05) is 40.5 Å². The number of rotatable bonds is 7. The lowest BCUT2D eigenvalue weighted by Crippen LogP contribution is -2.29. The van der Waals surface area contributed by atoms with E-state index in [1.54, 1.807) is 0 Å². The minimum atomic E-state index is 0.727. The van der Waals surface area contributed by atoms with Crippen LogP contribution in [0.1, 0.15) is 53.4 Å². The third-order valence-corrected chi connectivity index (χ3v) is 3.18. The fourth-order valence-corrected chi connectivity index (χ4v) is 1.64. The molecule has 1 N–H and O–H groups in total. The number of hydrogen-bond donors (Lipinski definition) is 1. The highest BCUT2D eigenvalue weighted by molar-refractivity contribution is 4.70. The van der Waals surface area contributed by atoms with E-state index >= 15 is 0 Å². The van der Waals surface area contributed by atoms with E-state index in [-0.39, 0.29) is 0 Å². The summed E-state index contributed by atoms with van der Waals surface area (Å²) >= 11 is 0. The standard InChI is InChI=1S/C12H27N/c1-6-10(3)8-12(13-5)9-11(4)7-2/h10-13H,6-9H2,1-5H3. The van der Waals surface area contributed by atoms with Crippen molar-refractivity contribution >= 4 is 0 Å². The van der Waals surface area contributed by atoms with Crippen molar-refractivity contribution in [2.75, 3.05) is 7.05 Å². The van der Waals surface area contributed by atoms with Gasteiger partial charge in [-0.25, -0.2) is 0 Å². The third-order valence-electron chi connectivity index (χ3n) is 3.18. The largest absolute Gasteiger partial charge is 0.317 e. The molecule has 0 aromatic heterocycles. The molecule has 0 bridgehead atoms. The van der Waals surface area contributed by atoms with Crippen molar-refractivity contribution in [2.24, 2.45) is 11.8 Å². The van der Waals surface area contributed by atoms with Crippen molar-refractivity contribution in [3.8, 4) is 0 Å². The molecule has 0 aromatic carbocycles. The van der Waals surface area contributed by atoms with Crippen LogP contribution in [0, 0.1) is 11.8 Å². The average molecular weight is 185 g/mol. The first-order chi connectivity index (χ1) is 6.13. The summed E-state index contributed by atoms with van der Waals surface area (Å²) < 4.78 is 0. The molecule has 0 aliphatic carbocycles. The van der Waals surface area contributed by atoms with Crippen LogP contribution >= 0.6 is 0 Å². The van der Waals surface area contributed by atoms with E-state index in [1.165, 1.54) is 25.7 Å². The highest BCUT2D eigenvalue weighted by atomic mass is 14.9. The van der Waals surface area contributed by atoms with Gasteiger partial charge in [0.15, 0.2) is 0 Å². The van der Waals surface area contributed by atoms with Crippen molar-refractivity contribution < 1.29 is 0 Å². The third kappa shape index (κ3) is 6.09. The van der Waals surface area contributed by atoms with Crippen LogP contribution in [-0.2, 0) is 0 Å². The summed E-state index contributed by atoms with van der Waals surface area (Å²) in [5.41, 5.74) is 0. The van der Waals surface area contributed by atoms with E-state index in [9.17, 15) is 0 Å². The van der Waals surface area contributed by atoms with Crippen molar-refractivity contribution in [1.29, 1.82) is 0 Å². The van der Waals surface area contributed by atoms with E-state index in [2.05, 4.69) is 40.1 Å². The molecule has 80 valence electrons. The molecule has 0 aromatic rings. The maximum Gasteiger partial charge on any atom is 0.00691 e. The zero-order chi connectivity index (χ0) is 10.3. The fraction of sp³-hybridized carbons (Fsp3) is 1.00. The van der Waals surface area contributed by atoms with E-state index in [0.717, 1.165) is 17.9 Å². The van der Waals surface area contributed by atoms with Gasteiger partial charge in [0.05, 0.1) is 0 Å². The molecule has 13 heavy (non-hydrogen) atoms. The van der Waals surface area contributed by atoms with Gasteiger partial charge in [-0.3, -0.25) is 0 Å². The Morgan fingerprint density at radius 3 is 1.54 bits per heavy atom. The number of nitrogens with one attached hydrogen (secondary N) is 1. The summed E-state index contributed by atoms with van der Waals surface area (Å²) in [7, 11) is 2.09. The molecule has 2 unspecified atom stereocenters. The topological polar surface area (TPSA) is 12.0 Å². The van der Waals surface area contributed by atoms with Gasteiger partial charge in [0.1, 0.15) is 0 Å². The Labute approximate surface area is 84.3 Å². The molecule has 0 saturated carbocycles. The Kier molecular flexibility index (Phi) is 7.35. The van der Waals surface area contributed by atoms with Crippen LogP contribution in [0.2, 0.25) is 0 Å². The molecule has 0 aliphatic heterocycles. The first-order valence-corrected chi connectivity index (χ1v) is 5.81. The lowest BCUT2D eigenvalue weighted by molar-refractivity contribution is 0.346. The van der Waals surface area contributed by atoms with Gasteiger partial charge in [-0.2, -0.15) is 0 Å². The monoisotopic (exact) mass is 185 g/mol. The van der Waals surface area contributed by atoms with Gasteiger partial charge in [0.2, 0.25) is 0 Å². The van der Waals surface area contributed by atoms with E-state index in [4.69, 9.17) is 0 Å². The van der Waals surface area contributed by atoms with Gasteiger partial charge >= 0.3 is 0 Å². The molecule has 1 nitrogen and oxygen atoms in total. The maximum atomic E-state index is 3.43. The van der Waals surface area contributed by atoms with Gasteiger partial charge in [-0.15, -0.1) is 0 Å². The molecule has 0 radical (unpaired) electrons. The zero-order valence-corrected chi connectivity index (χ0v) is 10.1. The van der Waals surface area contributed by atoms with Gasteiger partial charge in [0.25, 0.3) is 0 Å². The van der Waals surface area contributed by atoms with Gasteiger partial charge in [-0.05, 0) is 31.7 Å². The van der Waals surface area contributed by atoms with Gasteiger partial charge < -0.3 is 5.32 Å². The lowest BCUT2D eigenvalue weighted by atomic mass is 9.92. The molecule has 2 atom stereocenters. The fourth-order valence-electron chi connectivity index (χ4n) is 1.64. The van der Waals surface area contributed by atoms with Crippen molar-refractivity contribution in [1.82, 2.24) is 5.32 Å². The quantitative estimate of drug-likeness (QED) is 0.640. The summed E-state index contributed by atoms with van der Waals surface area (Å²) in [6, 6.07) is 0.727. The molecule has 0 heterocycles. The average Bonchev–Trinajstić information content (AvgIpc) is 2.16. The van der Waals surface area contributed by atoms with Crippen LogP contribution in [0.25, 0.3) is 0 Å². The first kappa shape index (κ1) is 13.0. The maximum absolute atomic E-state index is 3.43. The van der Waals surface area contributed by atoms with E-state index in [1.807, 2.05) is 0 Å². The molecule has 0 spiro atoms. The normalized spacial score (nSPS) is 18.2. The van der Waals surface area contributed by atoms with Crippen LogP contribution < -0.4 is 5.32 Å². The summed E-state index contributed by atoms with van der Waals surface area (Å²) in [5, 5.41) is 3.43. The van der Waals surface area contributed by atoms with E-state index < -0.39 is 0 Å². The summed E-state index contributed by atoms with van der Waals surface area (Å²) in [6.45, 7) is 9.25. The smallest absolute Gasteiger partial charge is 0.00691 e. The highest BCUT2D eigenvalue weighted by Gasteiger charge is 2.12. The van der Waals surface area contributed by atoms with Gasteiger partial charge in [0, 0.05) is 6.04 Å². The minimum absolute atomic E-state index is 0.727. The summed E-state index contributed by atoms with van der Waals surface area (Å²) in [4.78, 5) is 0. The SMILES string of the molecule is CCC(C)CC(CC(C)CC)NC. The summed E-state index contributed by atoms with van der Waals surface area (Å²) in [5.74, 6) is 1.73. The second-order valence-corrected chi connectivity index (χ2v) is 4.48. The van der Waals surface area contributed by atoms with Crippen LogP contribution in [-0.4, -0.2) is 13.1 Å². The number of hydrogen-bond acceptors (Lipinski definition) is 1. The Morgan fingerprint density at radius 2 is 1.31 bits per heavy atom. The van der Waals surface area contributed by atoms with E-state index in [0.29, 0.717) is 0 Å². The molecule has 0 saturated heterocycles. The molecular formula is C12H27N. The lowest BCUT2D eigenvalue weighted by Gasteiger charge is -2.22. The van der Waals surface area contributed by atoms with Crippen LogP contribution in [0.15, 0.2) is 0 Å². The molecule has 0 rings (SSSR count). The van der Waals surface area contributed by atoms with Crippen LogP contribution in [0.3, 0.4) is 0 Å². The second kappa shape index (κ2) is 7.37. The predicted molar refractivity (Wildman–Crippen MR) is 61.0 cm³/mol. The first-order valence-electron chi connectivity index (χ1n) is 5.81. The second-order valence-electron chi connectivity index (χ2n) is 4.48. The van der Waals surface area contributed by atoms with Crippen molar-refractivity contribution in [3.05, 3.63) is 0 Å². The molecule has 0 aliphatic rings. The van der Waals surface area contributed by atoms with Crippen LogP contribution in [0.4, 0.5) is 0 Å². The zero-order valence-electron chi connectivity index (χ0n) is 10.1. The Hall–Kier alpha value is -0.0400. The Balaban J connectivity index is 3.74. The Morgan fingerprint density at radius 1 is 0.923 bits per heavy atom. The van der Waals surface area contributed by atoms with Crippen LogP contribution in [0.5, 0.6) is 0 Å². The molecule has 0 fully saturated rings. The predicted octanol–water partition coefficient (Wildman–Crippen LogP) is 3.45. The van der Waals surface area contributed by atoms with Crippen molar-refractivity contribution in [2.45, 2.75) is 59.4 Å². The van der Waals surface area contributed by atoms with Crippen molar-refractivity contribution in [3.63, 3.8) is 0 Å². The Bertz CT molecular complexity index is 99.7. The highest BCUT2D eigenvalue weighted by Crippen LogP contribution is 2.17. The minimum Gasteiger partial charge on any atom is -0.317 e. The molecular weight excluding hydrogens is 158 g/mol. The molecule has 0 amide bonds.